The lowest BCUT2D eigenvalue weighted by Gasteiger charge is -2.17. The van der Waals surface area contributed by atoms with Gasteiger partial charge in [-0.05, 0) is 18.6 Å². The first-order valence-corrected chi connectivity index (χ1v) is 6.36. The van der Waals surface area contributed by atoms with Crippen LogP contribution in [0.1, 0.15) is 19.8 Å². The maximum atomic E-state index is 12.0. The van der Waals surface area contributed by atoms with Gasteiger partial charge in [0.2, 0.25) is 5.91 Å². The van der Waals surface area contributed by atoms with Crippen molar-refractivity contribution in [3.8, 4) is 0 Å². The summed E-state index contributed by atoms with van der Waals surface area (Å²) in [5.41, 5.74) is 1.94. The van der Waals surface area contributed by atoms with E-state index in [0.29, 0.717) is 6.54 Å². The number of para-hydroxylation sites is 2. The van der Waals surface area contributed by atoms with E-state index < -0.39 is 0 Å². The fourth-order valence-electron chi connectivity index (χ4n) is 1.92. The fraction of sp³-hybridized carbons (Fsp3) is 0.429. The quantitative estimate of drug-likeness (QED) is 0.810. The molecule has 0 saturated heterocycles. The van der Waals surface area contributed by atoms with Gasteiger partial charge in [-0.15, -0.1) is 0 Å². The monoisotopic (exact) mass is 245 g/mol. The average Bonchev–Trinajstić information content (AvgIpc) is 2.79. The minimum Gasteiger partial charge on any atom is -0.344 e. The summed E-state index contributed by atoms with van der Waals surface area (Å²) in [6.07, 6.45) is 3.88. The number of likely N-dealkylation sites (N-methyl/N-ethyl adjacent to an activating group) is 1. The van der Waals surface area contributed by atoms with Gasteiger partial charge in [0, 0.05) is 13.6 Å². The molecule has 0 fully saturated rings. The number of hydrogen-bond acceptors (Lipinski definition) is 2. The molecule has 4 nitrogen and oxygen atoms in total. The number of unbranched alkanes of at least 4 members (excludes halogenated alkanes) is 1. The number of hydrogen-bond donors (Lipinski definition) is 0. The zero-order valence-corrected chi connectivity index (χ0v) is 11.0. The molecule has 1 aromatic carbocycles. The van der Waals surface area contributed by atoms with Gasteiger partial charge in [0.25, 0.3) is 0 Å². The highest BCUT2D eigenvalue weighted by Gasteiger charge is 2.10. The van der Waals surface area contributed by atoms with Crippen LogP contribution in [-0.4, -0.2) is 34.0 Å². The van der Waals surface area contributed by atoms with Gasteiger partial charge >= 0.3 is 0 Å². The van der Waals surface area contributed by atoms with Gasteiger partial charge in [0.15, 0.2) is 0 Å². The summed E-state index contributed by atoms with van der Waals surface area (Å²) in [5.74, 6) is 0.131. The van der Waals surface area contributed by atoms with Crippen LogP contribution in [0.3, 0.4) is 0 Å². The number of amides is 1. The molecular weight excluding hydrogens is 226 g/mol. The standard InChI is InChI=1S/C14H19N3O/c1-3-4-9-16(2)14(18)10-17-11-15-12-7-5-6-8-13(12)17/h5-8,11H,3-4,9-10H2,1-2H3. The van der Waals surface area contributed by atoms with Gasteiger partial charge in [-0.2, -0.15) is 0 Å². The molecular formula is C14H19N3O. The molecule has 0 N–H and O–H groups in total. The number of benzene rings is 1. The van der Waals surface area contributed by atoms with E-state index in [-0.39, 0.29) is 5.91 Å². The van der Waals surface area contributed by atoms with Crippen LogP contribution in [0.15, 0.2) is 30.6 Å². The molecule has 0 aliphatic heterocycles. The van der Waals surface area contributed by atoms with Crippen LogP contribution in [0.4, 0.5) is 0 Å². The number of nitrogens with zero attached hydrogens (tertiary/aromatic N) is 3. The smallest absolute Gasteiger partial charge is 0.242 e. The zero-order valence-electron chi connectivity index (χ0n) is 11.0. The van der Waals surface area contributed by atoms with E-state index in [1.165, 1.54) is 0 Å². The lowest BCUT2D eigenvalue weighted by atomic mass is 10.3. The molecule has 0 radical (unpaired) electrons. The summed E-state index contributed by atoms with van der Waals surface area (Å²) < 4.78 is 1.90. The van der Waals surface area contributed by atoms with Crippen LogP contribution in [0.2, 0.25) is 0 Å². The number of fused-ring (bicyclic) bond motifs is 1. The predicted octanol–water partition coefficient (Wildman–Crippen LogP) is 2.29. The Balaban J connectivity index is 2.07. The number of carbonyl (C=O) groups excluding carboxylic acids is 1. The second kappa shape index (κ2) is 5.67. The van der Waals surface area contributed by atoms with Crippen molar-refractivity contribution in [1.29, 1.82) is 0 Å². The largest absolute Gasteiger partial charge is 0.344 e. The highest BCUT2D eigenvalue weighted by atomic mass is 16.2. The summed E-state index contributed by atoms with van der Waals surface area (Å²) in [7, 11) is 1.86. The molecule has 1 amide bonds. The molecule has 0 aliphatic carbocycles. The molecule has 0 atom stereocenters. The molecule has 0 spiro atoms. The first-order valence-electron chi connectivity index (χ1n) is 6.36. The van der Waals surface area contributed by atoms with E-state index in [0.717, 1.165) is 30.4 Å². The highest BCUT2D eigenvalue weighted by Crippen LogP contribution is 2.11. The Labute approximate surface area is 107 Å². The van der Waals surface area contributed by atoms with Crippen molar-refractivity contribution in [2.45, 2.75) is 26.3 Å². The Morgan fingerprint density at radius 3 is 2.94 bits per heavy atom. The Morgan fingerprint density at radius 1 is 1.39 bits per heavy atom. The molecule has 1 aromatic heterocycles. The van der Waals surface area contributed by atoms with Gasteiger partial charge in [-0.1, -0.05) is 25.5 Å². The third kappa shape index (κ3) is 2.70. The van der Waals surface area contributed by atoms with E-state index >= 15 is 0 Å². The highest BCUT2D eigenvalue weighted by molar-refractivity contribution is 5.80. The van der Waals surface area contributed by atoms with Crippen LogP contribution in [0, 0.1) is 0 Å². The van der Waals surface area contributed by atoms with Crippen molar-refractivity contribution in [3.05, 3.63) is 30.6 Å². The first-order chi connectivity index (χ1) is 8.72. The van der Waals surface area contributed by atoms with Crippen molar-refractivity contribution >= 4 is 16.9 Å². The van der Waals surface area contributed by atoms with Crippen LogP contribution in [0.25, 0.3) is 11.0 Å². The third-order valence-electron chi connectivity index (χ3n) is 3.11. The molecule has 0 saturated carbocycles. The van der Waals surface area contributed by atoms with Crippen LogP contribution in [0.5, 0.6) is 0 Å². The average molecular weight is 245 g/mol. The van der Waals surface area contributed by atoms with E-state index in [4.69, 9.17) is 0 Å². The van der Waals surface area contributed by atoms with Crippen LogP contribution in [-0.2, 0) is 11.3 Å². The molecule has 2 rings (SSSR count). The number of imidazole rings is 1. The molecule has 4 heteroatoms. The first kappa shape index (κ1) is 12.6. The molecule has 1 heterocycles. The predicted molar refractivity (Wildman–Crippen MR) is 72.3 cm³/mol. The minimum atomic E-state index is 0.131. The maximum Gasteiger partial charge on any atom is 0.242 e. The van der Waals surface area contributed by atoms with Crippen LogP contribution >= 0.6 is 0 Å². The molecule has 0 bridgehead atoms. The Morgan fingerprint density at radius 2 is 2.17 bits per heavy atom. The molecule has 96 valence electrons. The lowest BCUT2D eigenvalue weighted by Crippen LogP contribution is -2.30. The summed E-state index contributed by atoms with van der Waals surface area (Å²) in [4.78, 5) is 18.1. The Bertz CT molecular complexity index is 533. The molecule has 18 heavy (non-hydrogen) atoms. The lowest BCUT2D eigenvalue weighted by molar-refractivity contribution is -0.130. The minimum absolute atomic E-state index is 0.131. The zero-order chi connectivity index (χ0) is 13.0. The summed E-state index contributed by atoms with van der Waals surface area (Å²) >= 11 is 0. The Hall–Kier alpha value is -1.84. The van der Waals surface area contributed by atoms with Crippen molar-refractivity contribution in [1.82, 2.24) is 14.5 Å². The van der Waals surface area contributed by atoms with E-state index in [2.05, 4.69) is 11.9 Å². The van der Waals surface area contributed by atoms with Gasteiger partial charge in [0.05, 0.1) is 17.4 Å². The van der Waals surface area contributed by atoms with Crippen molar-refractivity contribution < 1.29 is 4.79 Å². The number of rotatable bonds is 5. The van der Waals surface area contributed by atoms with E-state index in [1.807, 2.05) is 35.9 Å². The normalized spacial score (nSPS) is 10.8. The Kier molecular flexibility index (Phi) is 3.97. The third-order valence-corrected chi connectivity index (χ3v) is 3.11. The summed E-state index contributed by atoms with van der Waals surface area (Å²) in [6.45, 7) is 3.31. The molecule has 0 aliphatic rings. The van der Waals surface area contributed by atoms with Gasteiger partial charge in [-0.3, -0.25) is 4.79 Å². The van der Waals surface area contributed by atoms with E-state index in [9.17, 15) is 4.79 Å². The van der Waals surface area contributed by atoms with E-state index in [1.54, 1.807) is 11.2 Å². The topological polar surface area (TPSA) is 38.1 Å². The van der Waals surface area contributed by atoms with Crippen molar-refractivity contribution in [2.24, 2.45) is 0 Å². The fourth-order valence-corrected chi connectivity index (χ4v) is 1.92. The SMILES string of the molecule is CCCCN(C)C(=O)Cn1cnc2ccccc21. The molecule has 2 aromatic rings. The number of carbonyl (C=O) groups is 1. The second-order valence-electron chi connectivity index (χ2n) is 4.53. The van der Waals surface area contributed by atoms with Crippen molar-refractivity contribution in [2.75, 3.05) is 13.6 Å². The van der Waals surface area contributed by atoms with Gasteiger partial charge in [0.1, 0.15) is 6.54 Å². The second-order valence-corrected chi connectivity index (χ2v) is 4.53. The van der Waals surface area contributed by atoms with Gasteiger partial charge < -0.3 is 9.47 Å². The maximum absolute atomic E-state index is 12.0. The van der Waals surface area contributed by atoms with Crippen molar-refractivity contribution in [3.63, 3.8) is 0 Å². The molecule has 0 unspecified atom stereocenters. The van der Waals surface area contributed by atoms with Gasteiger partial charge in [-0.25, -0.2) is 4.98 Å². The van der Waals surface area contributed by atoms with Crippen LogP contribution < -0.4 is 0 Å². The summed E-state index contributed by atoms with van der Waals surface area (Å²) in [6, 6.07) is 7.86. The number of aromatic nitrogens is 2. The summed E-state index contributed by atoms with van der Waals surface area (Å²) in [5, 5.41) is 0.